The van der Waals surface area contributed by atoms with Crippen LogP contribution in [0, 0.1) is 0 Å². The molecule has 0 spiro atoms. The van der Waals surface area contributed by atoms with Crippen molar-refractivity contribution in [1.82, 2.24) is 10.2 Å². The van der Waals surface area contributed by atoms with Gasteiger partial charge in [-0.15, -0.1) is 0 Å². The van der Waals surface area contributed by atoms with Gasteiger partial charge in [-0.3, -0.25) is 14.5 Å². The van der Waals surface area contributed by atoms with E-state index in [0.29, 0.717) is 23.9 Å². The molecule has 2 aliphatic rings. The fraction of sp³-hybridized carbons (Fsp3) is 0.333. The number of carbonyl (C=O) groups is 2. The molecule has 0 aromatic heterocycles. The molecule has 39 heavy (non-hydrogen) atoms. The van der Waals surface area contributed by atoms with E-state index < -0.39 is 0 Å². The van der Waals surface area contributed by atoms with Crippen LogP contribution in [0.5, 0.6) is 5.75 Å². The van der Waals surface area contributed by atoms with Crippen molar-refractivity contribution in [1.29, 1.82) is 0 Å². The van der Waals surface area contributed by atoms with E-state index in [1.807, 2.05) is 73.7 Å². The van der Waals surface area contributed by atoms with E-state index >= 15 is 0 Å². The Bertz CT molecular complexity index is 1310. The number of amides is 2. The summed E-state index contributed by atoms with van der Waals surface area (Å²) < 4.78 is 6.05. The van der Waals surface area contributed by atoms with Crippen molar-refractivity contribution in [2.45, 2.75) is 51.1 Å². The van der Waals surface area contributed by atoms with Crippen LogP contribution < -0.4 is 15.0 Å². The van der Waals surface area contributed by atoms with Gasteiger partial charge in [0.15, 0.2) is 11.5 Å². The van der Waals surface area contributed by atoms with Crippen molar-refractivity contribution in [3.8, 4) is 5.75 Å². The van der Waals surface area contributed by atoms with E-state index in [-0.39, 0.29) is 23.6 Å². The van der Waals surface area contributed by atoms with E-state index in [9.17, 15) is 9.59 Å². The Hall–Kier alpha value is -3.90. The van der Waals surface area contributed by atoms with Crippen molar-refractivity contribution in [3.63, 3.8) is 0 Å². The lowest BCUT2D eigenvalue weighted by molar-refractivity contribution is -0.118. The summed E-state index contributed by atoms with van der Waals surface area (Å²) in [5, 5.41) is 3.04. The number of rotatable bonds is 8. The van der Waals surface area contributed by atoms with Gasteiger partial charge in [-0.1, -0.05) is 73.9 Å². The number of hydrogen-bond acceptors (Lipinski definition) is 4. The van der Waals surface area contributed by atoms with Crippen LogP contribution in [-0.2, 0) is 4.79 Å². The third-order valence-corrected chi connectivity index (χ3v) is 7.86. The van der Waals surface area contributed by atoms with Gasteiger partial charge in [0.1, 0.15) is 0 Å². The molecule has 0 radical (unpaired) electrons. The Morgan fingerprint density at radius 1 is 1.00 bits per heavy atom. The minimum absolute atomic E-state index is 0.0898. The number of nitrogens with zero attached hydrogens (tertiary/aromatic N) is 2. The molecule has 0 saturated heterocycles. The van der Waals surface area contributed by atoms with Crippen molar-refractivity contribution in [3.05, 3.63) is 101 Å². The van der Waals surface area contributed by atoms with Crippen LogP contribution in [0.25, 0.3) is 6.08 Å². The van der Waals surface area contributed by atoms with Gasteiger partial charge >= 0.3 is 0 Å². The maximum absolute atomic E-state index is 13.6. The van der Waals surface area contributed by atoms with Gasteiger partial charge in [-0.25, -0.2) is 0 Å². The third-order valence-electron chi connectivity index (χ3n) is 7.86. The maximum atomic E-state index is 13.6. The number of fused-ring (bicyclic) bond motifs is 1. The van der Waals surface area contributed by atoms with Crippen LogP contribution in [0.2, 0.25) is 0 Å². The molecular formula is C33H37N3O3. The van der Waals surface area contributed by atoms with Crippen molar-refractivity contribution >= 4 is 23.6 Å². The Morgan fingerprint density at radius 2 is 1.69 bits per heavy atom. The lowest BCUT2D eigenvalue weighted by atomic mass is 9.94. The highest BCUT2D eigenvalue weighted by molar-refractivity contribution is 6.10. The van der Waals surface area contributed by atoms with Crippen LogP contribution in [0.1, 0.15) is 66.6 Å². The van der Waals surface area contributed by atoms with Gasteiger partial charge in [-0.2, -0.15) is 0 Å². The number of para-hydroxylation sites is 2. The molecule has 0 bridgehead atoms. The lowest BCUT2D eigenvalue weighted by Gasteiger charge is -2.35. The summed E-state index contributed by atoms with van der Waals surface area (Å²) >= 11 is 0. The summed E-state index contributed by atoms with van der Waals surface area (Å²) in [5.41, 5.74) is 3.18. The number of carbonyl (C=O) groups excluding carboxylic acids is 2. The highest BCUT2D eigenvalue weighted by Gasteiger charge is 2.34. The molecule has 1 N–H and O–H groups in total. The predicted molar refractivity (Wildman–Crippen MR) is 156 cm³/mol. The van der Waals surface area contributed by atoms with Crippen LogP contribution in [0.4, 0.5) is 5.69 Å². The number of hydrogen-bond donors (Lipinski definition) is 1. The first kappa shape index (κ1) is 26.7. The quantitative estimate of drug-likeness (QED) is 0.357. The summed E-state index contributed by atoms with van der Waals surface area (Å²) in [4.78, 5) is 30.5. The molecule has 5 rings (SSSR count). The average Bonchev–Trinajstić information content (AvgIpc) is 2.98. The Kier molecular flexibility index (Phi) is 8.42. The zero-order chi connectivity index (χ0) is 27.2. The SMILES string of the molecule is CC(c1ccccc1)N1C(=O)C(=Cc2ccc(C(=O)NCCN(C)C3CCCCC3)cc2)Oc2ccccc21. The third kappa shape index (κ3) is 6.23. The average molecular weight is 524 g/mol. The highest BCUT2D eigenvalue weighted by atomic mass is 16.5. The summed E-state index contributed by atoms with van der Waals surface area (Å²) in [5.74, 6) is 0.599. The summed E-state index contributed by atoms with van der Waals surface area (Å²) in [6, 6.07) is 25.3. The normalized spacial score (nSPS) is 17.6. The second-order valence-corrected chi connectivity index (χ2v) is 10.5. The number of benzene rings is 3. The van der Waals surface area contributed by atoms with Crippen molar-refractivity contribution < 1.29 is 14.3 Å². The summed E-state index contributed by atoms with van der Waals surface area (Å²) in [6.45, 7) is 3.49. The molecule has 1 fully saturated rings. The number of likely N-dealkylation sites (N-methyl/N-ethyl adjacent to an activating group) is 1. The van der Waals surface area contributed by atoms with E-state index in [0.717, 1.165) is 23.4 Å². The zero-order valence-electron chi connectivity index (χ0n) is 22.8. The van der Waals surface area contributed by atoms with E-state index in [4.69, 9.17) is 4.74 Å². The molecule has 3 aromatic carbocycles. The lowest BCUT2D eigenvalue weighted by Crippen LogP contribution is -2.39. The molecule has 3 aromatic rings. The highest BCUT2D eigenvalue weighted by Crippen LogP contribution is 2.40. The van der Waals surface area contributed by atoms with Crippen LogP contribution in [-0.4, -0.2) is 42.9 Å². The van der Waals surface area contributed by atoms with Crippen molar-refractivity contribution in [2.24, 2.45) is 0 Å². The first-order valence-electron chi connectivity index (χ1n) is 14.0. The minimum atomic E-state index is -0.200. The monoisotopic (exact) mass is 523 g/mol. The molecular weight excluding hydrogens is 486 g/mol. The number of nitrogens with one attached hydrogen (secondary N) is 1. The second-order valence-electron chi connectivity index (χ2n) is 10.5. The summed E-state index contributed by atoms with van der Waals surface area (Å²) in [7, 11) is 2.15. The molecule has 202 valence electrons. The molecule has 1 heterocycles. The zero-order valence-corrected chi connectivity index (χ0v) is 22.8. The van der Waals surface area contributed by atoms with E-state index in [2.05, 4.69) is 17.3 Å². The van der Waals surface area contributed by atoms with Gasteiger partial charge in [0.05, 0.1) is 11.7 Å². The Balaban J connectivity index is 1.26. The topological polar surface area (TPSA) is 61.9 Å². The maximum Gasteiger partial charge on any atom is 0.294 e. The standard InChI is InChI=1S/C33H37N3O3/c1-24(26-11-5-3-6-12-26)36-29-15-9-10-16-30(29)39-31(33(36)38)23-25-17-19-27(20-18-25)32(37)34-21-22-35(2)28-13-7-4-8-14-28/h3,5-6,9-12,15-20,23-24,28H,4,7-8,13-14,21-22H2,1-2H3,(H,34,37). The molecule has 2 amide bonds. The molecule has 6 heteroatoms. The van der Waals surface area contributed by atoms with E-state index in [1.54, 1.807) is 23.1 Å². The Morgan fingerprint density at radius 3 is 2.44 bits per heavy atom. The predicted octanol–water partition coefficient (Wildman–Crippen LogP) is 6.21. The smallest absolute Gasteiger partial charge is 0.294 e. The molecule has 1 unspecified atom stereocenters. The molecule has 1 aliphatic heterocycles. The van der Waals surface area contributed by atoms with Crippen molar-refractivity contribution in [2.75, 3.05) is 25.0 Å². The van der Waals surface area contributed by atoms with Gasteiger partial charge in [0.2, 0.25) is 0 Å². The molecule has 1 atom stereocenters. The first-order valence-corrected chi connectivity index (χ1v) is 14.0. The van der Waals surface area contributed by atoms with Crippen LogP contribution in [0.3, 0.4) is 0 Å². The van der Waals surface area contributed by atoms with Crippen LogP contribution in [0.15, 0.2) is 84.6 Å². The van der Waals surface area contributed by atoms with Crippen LogP contribution >= 0.6 is 0 Å². The molecule has 1 aliphatic carbocycles. The molecule has 1 saturated carbocycles. The Labute approximate surface area is 231 Å². The largest absolute Gasteiger partial charge is 0.449 e. The fourth-order valence-electron chi connectivity index (χ4n) is 5.52. The minimum Gasteiger partial charge on any atom is -0.449 e. The van der Waals surface area contributed by atoms with Gasteiger partial charge in [0.25, 0.3) is 11.8 Å². The van der Waals surface area contributed by atoms with Gasteiger partial charge in [-0.05, 0) is 68.3 Å². The summed E-state index contributed by atoms with van der Waals surface area (Å²) in [6.07, 6.45) is 8.19. The van der Waals surface area contributed by atoms with Gasteiger partial charge in [0, 0.05) is 24.7 Å². The molecule has 6 nitrogen and oxygen atoms in total. The fourth-order valence-corrected chi connectivity index (χ4v) is 5.52. The van der Waals surface area contributed by atoms with Gasteiger partial charge < -0.3 is 15.0 Å². The number of anilines is 1. The first-order chi connectivity index (χ1) is 19.0. The number of ether oxygens (including phenoxy) is 1. The second kappa shape index (κ2) is 12.3. The van der Waals surface area contributed by atoms with E-state index in [1.165, 1.54) is 32.1 Å².